The van der Waals surface area contributed by atoms with E-state index in [1.54, 1.807) is 0 Å². The van der Waals surface area contributed by atoms with Gasteiger partial charge in [-0.3, -0.25) is 0 Å². The quantitative estimate of drug-likeness (QED) is 0.851. The smallest absolute Gasteiger partial charge is 0.0958 e. The van der Waals surface area contributed by atoms with Crippen molar-refractivity contribution >= 4 is 11.0 Å². The van der Waals surface area contributed by atoms with Crippen LogP contribution in [0.5, 0.6) is 0 Å². The maximum Gasteiger partial charge on any atom is 0.0958 e. The molecule has 1 aromatic heterocycles. The highest BCUT2D eigenvalue weighted by atomic mass is 16.3. The highest BCUT2D eigenvalue weighted by Crippen LogP contribution is 2.20. The molecule has 110 valence electrons. The van der Waals surface area contributed by atoms with Crippen molar-refractivity contribution in [1.29, 1.82) is 0 Å². The van der Waals surface area contributed by atoms with Crippen molar-refractivity contribution in [2.45, 2.75) is 46.2 Å². The molecule has 4 heteroatoms. The van der Waals surface area contributed by atoms with Crippen molar-refractivity contribution in [3.63, 3.8) is 0 Å². The van der Waals surface area contributed by atoms with Crippen LogP contribution in [-0.2, 0) is 6.54 Å². The molecule has 0 bridgehead atoms. The van der Waals surface area contributed by atoms with Crippen molar-refractivity contribution in [2.75, 3.05) is 13.2 Å². The topological polar surface area (TPSA) is 50.1 Å². The molecule has 1 unspecified atom stereocenters. The van der Waals surface area contributed by atoms with Crippen molar-refractivity contribution in [2.24, 2.45) is 0 Å². The summed E-state index contributed by atoms with van der Waals surface area (Å²) in [7, 11) is 0. The third-order valence-corrected chi connectivity index (χ3v) is 4.09. The number of nitrogens with zero attached hydrogens (tertiary/aromatic N) is 2. The molecule has 2 N–H and O–H groups in total. The molecule has 0 radical (unpaired) electrons. The number of hydrogen-bond donors (Lipinski definition) is 2. The van der Waals surface area contributed by atoms with E-state index in [0.29, 0.717) is 0 Å². The van der Waals surface area contributed by atoms with E-state index in [1.807, 2.05) is 6.33 Å². The predicted molar refractivity (Wildman–Crippen MR) is 83.0 cm³/mol. The lowest BCUT2D eigenvalue weighted by Crippen LogP contribution is -2.46. The maximum atomic E-state index is 9.55. The molecule has 4 nitrogen and oxygen atoms in total. The van der Waals surface area contributed by atoms with Gasteiger partial charge in [0, 0.05) is 12.1 Å². The van der Waals surface area contributed by atoms with Gasteiger partial charge in [0.05, 0.1) is 24.0 Å². The van der Waals surface area contributed by atoms with Crippen LogP contribution in [-0.4, -0.2) is 33.3 Å². The molecule has 2 aromatic rings. The average Bonchev–Trinajstić information content (AvgIpc) is 2.80. The van der Waals surface area contributed by atoms with Crippen molar-refractivity contribution in [1.82, 2.24) is 14.9 Å². The Morgan fingerprint density at radius 1 is 1.30 bits per heavy atom. The Morgan fingerprint density at radius 3 is 2.65 bits per heavy atom. The van der Waals surface area contributed by atoms with Gasteiger partial charge in [-0.15, -0.1) is 0 Å². The lowest BCUT2D eigenvalue weighted by molar-refractivity contribution is 0.163. The standard InChI is InChI=1S/C16H25N3O/c1-5-18-16(4,10-20)6-7-19-11-17-14-8-12(2)13(3)9-15(14)19/h8-9,11,18,20H,5-7,10H2,1-4H3. The van der Waals surface area contributed by atoms with Crippen LogP contribution in [0.1, 0.15) is 31.4 Å². The van der Waals surface area contributed by atoms with E-state index < -0.39 is 0 Å². The number of nitrogens with one attached hydrogen (secondary N) is 1. The Labute approximate surface area is 120 Å². The van der Waals surface area contributed by atoms with Crippen LogP contribution in [0.15, 0.2) is 18.5 Å². The van der Waals surface area contributed by atoms with Gasteiger partial charge >= 0.3 is 0 Å². The molecule has 1 aromatic carbocycles. The summed E-state index contributed by atoms with van der Waals surface area (Å²) in [5.74, 6) is 0. The van der Waals surface area contributed by atoms with Gasteiger partial charge in [0.2, 0.25) is 0 Å². The fourth-order valence-electron chi connectivity index (χ4n) is 2.51. The molecule has 2 rings (SSSR count). The summed E-state index contributed by atoms with van der Waals surface area (Å²) in [6.07, 6.45) is 2.77. The number of rotatable bonds is 6. The molecule has 0 saturated carbocycles. The summed E-state index contributed by atoms with van der Waals surface area (Å²) in [6, 6.07) is 4.33. The van der Waals surface area contributed by atoms with E-state index in [1.165, 1.54) is 16.6 Å². The first-order valence-corrected chi connectivity index (χ1v) is 7.27. The normalized spacial score (nSPS) is 14.7. The van der Waals surface area contributed by atoms with E-state index >= 15 is 0 Å². The van der Waals surface area contributed by atoms with E-state index in [-0.39, 0.29) is 12.1 Å². The third kappa shape index (κ3) is 3.02. The first-order chi connectivity index (χ1) is 9.49. The first-order valence-electron chi connectivity index (χ1n) is 7.27. The molecule has 0 fully saturated rings. The molecule has 0 amide bonds. The Morgan fingerprint density at radius 2 is 2.00 bits per heavy atom. The van der Waals surface area contributed by atoms with E-state index in [2.05, 4.69) is 54.7 Å². The third-order valence-electron chi connectivity index (χ3n) is 4.09. The highest BCUT2D eigenvalue weighted by molar-refractivity contribution is 5.77. The van der Waals surface area contributed by atoms with Gasteiger partial charge in [0.15, 0.2) is 0 Å². The number of benzene rings is 1. The second kappa shape index (κ2) is 5.94. The maximum absolute atomic E-state index is 9.55. The SMILES string of the molecule is CCNC(C)(CO)CCn1cnc2cc(C)c(C)cc21. The number of aliphatic hydroxyl groups excluding tert-OH is 1. The van der Waals surface area contributed by atoms with Crippen LogP contribution >= 0.6 is 0 Å². The second-order valence-corrected chi connectivity index (χ2v) is 5.86. The van der Waals surface area contributed by atoms with E-state index in [9.17, 15) is 5.11 Å². The number of hydrogen-bond acceptors (Lipinski definition) is 3. The summed E-state index contributed by atoms with van der Waals surface area (Å²) >= 11 is 0. The number of likely N-dealkylation sites (N-methyl/N-ethyl adjacent to an activating group) is 1. The Kier molecular flexibility index (Phi) is 4.45. The molecule has 0 saturated heterocycles. The number of aromatic nitrogens is 2. The second-order valence-electron chi connectivity index (χ2n) is 5.86. The molecular formula is C16H25N3O. The summed E-state index contributed by atoms with van der Waals surface area (Å²) in [4.78, 5) is 4.47. The van der Waals surface area contributed by atoms with Crippen LogP contribution in [0.3, 0.4) is 0 Å². The van der Waals surface area contributed by atoms with Crippen molar-refractivity contribution < 1.29 is 5.11 Å². The summed E-state index contributed by atoms with van der Waals surface area (Å²) < 4.78 is 2.17. The molecule has 0 aliphatic rings. The van der Waals surface area contributed by atoms with Gasteiger partial charge < -0.3 is 15.0 Å². The summed E-state index contributed by atoms with van der Waals surface area (Å²) in [6.45, 7) is 10.2. The number of fused-ring (bicyclic) bond motifs is 1. The zero-order valence-electron chi connectivity index (χ0n) is 12.9. The Hall–Kier alpha value is -1.39. The molecule has 0 aliphatic heterocycles. The van der Waals surface area contributed by atoms with E-state index in [4.69, 9.17) is 0 Å². The molecular weight excluding hydrogens is 250 g/mol. The molecule has 20 heavy (non-hydrogen) atoms. The lowest BCUT2D eigenvalue weighted by Gasteiger charge is -2.28. The van der Waals surface area contributed by atoms with E-state index in [0.717, 1.165) is 25.0 Å². The van der Waals surface area contributed by atoms with Gasteiger partial charge in [0.25, 0.3) is 0 Å². The number of aryl methyl sites for hydroxylation is 3. The predicted octanol–water partition coefficient (Wildman–Crippen LogP) is 2.40. The van der Waals surface area contributed by atoms with Gasteiger partial charge in [-0.1, -0.05) is 6.92 Å². The molecule has 0 spiro atoms. The molecule has 1 heterocycles. The van der Waals surface area contributed by atoms with Gasteiger partial charge in [-0.25, -0.2) is 4.98 Å². The van der Waals surface area contributed by atoms with Crippen LogP contribution in [0.2, 0.25) is 0 Å². The van der Waals surface area contributed by atoms with Crippen molar-refractivity contribution in [3.8, 4) is 0 Å². The average molecular weight is 275 g/mol. The minimum atomic E-state index is -0.231. The number of aliphatic hydroxyl groups is 1. The van der Waals surface area contributed by atoms with Gasteiger partial charge in [0.1, 0.15) is 0 Å². The first kappa shape index (κ1) is 15.0. The summed E-state index contributed by atoms with van der Waals surface area (Å²) in [5.41, 5.74) is 4.55. The van der Waals surface area contributed by atoms with Crippen LogP contribution in [0, 0.1) is 13.8 Å². The van der Waals surface area contributed by atoms with Crippen LogP contribution in [0.25, 0.3) is 11.0 Å². The van der Waals surface area contributed by atoms with Crippen LogP contribution < -0.4 is 5.32 Å². The fraction of sp³-hybridized carbons (Fsp3) is 0.562. The van der Waals surface area contributed by atoms with Crippen LogP contribution in [0.4, 0.5) is 0 Å². The fourth-order valence-corrected chi connectivity index (χ4v) is 2.51. The largest absolute Gasteiger partial charge is 0.394 e. The van der Waals surface area contributed by atoms with Crippen molar-refractivity contribution in [3.05, 3.63) is 29.6 Å². The lowest BCUT2D eigenvalue weighted by atomic mass is 9.99. The Bertz CT molecular complexity index is 591. The minimum absolute atomic E-state index is 0.144. The minimum Gasteiger partial charge on any atom is -0.394 e. The molecule has 0 aliphatic carbocycles. The van der Waals surface area contributed by atoms with Gasteiger partial charge in [-0.05, 0) is 57.0 Å². The summed E-state index contributed by atoms with van der Waals surface area (Å²) in [5, 5.41) is 12.9. The van der Waals surface area contributed by atoms with Gasteiger partial charge in [-0.2, -0.15) is 0 Å². The zero-order chi connectivity index (χ0) is 14.8. The monoisotopic (exact) mass is 275 g/mol. The highest BCUT2D eigenvalue weighted by Gasteiger charge is 2.21. The molecule has 1 atom stereocenters. The zero-order valence-corrected chi connectivity index (χ0v) is 12.9. The Balaban J connectivity index is 2.20. The number of imidazole rings is 1.